The van der Waals surface area contributed by atoms with Gasteiger partial charge in [0.25, 0.3) is 0 Å². The third kappa shape index (κ3) is 3.67. The van der Waals surface area contributed by atoms with Gasteiger partial charge in [-0.2, -0.15) is 0 Å². The van der Waals surface area contributed by atoms with Gasteiger partial charge in [-0.25, -0.2) is 0 Å². The van der Waals surface area contributed by atoms with Crippen molar-refractivity contribution in [2.24, 2.45) is 11.8 Å². The second-order valence-electron chi connectivity index (χ2n) is 6.53. The number of benzene rings is 1. The van der Waals surface area contributed by atoms with Crippen LogP contribution in [0.4, 0.5) is 0 Å². The summed E-state index contributed by atoms with van der Waals surface area (Å²) in [6, 6.07) is 9.94. The van der Waals surface area contributed by atoms with Crippen molar-refractivity contribution >= 4 is 11.8 Å². The number of amides is 2. The van der Waals surface area contributed by atoms with E-state index in [0.29, 0.717) is 24.8 Å². The van der Waals surface area contributed by atoms with Crippen LogP contribution >= 0.6 is 0 Å². The molecule has 0 spiro atoms. The number of hydrogen-bond donors (Lipinski definition) is 1. The highest BCUT2D eigenvalue weighted by Crippen LogP contribution is 2.30. The van der Waals surface area contributed by atoms with Gasteiger partial charge in [0, 0.05) is 32.0 Å². The first kappa shape index (κ1) is 15.1. The Hall–Kier alpha value is -1.84. The van der Waals surface area contributed by atoms with E-state index in [2.05, 4.69) is 5.32 Å². The topological polar surface area (TPSA) is 49.4 Å². The number of rotatable bonds is 5. The number of carbonyl (C=O) groups excluding carboxylic acids is 2. The monoisotopic (exact) mass is 300 g/mol. The Morgan fingerprint density at radius 3 is 2.59 bits per heavy atom. The van der Waals surface area contributed by atoms with E-state index in [0.717, 1.165) is 37.9 Å². The maximum Gasteiger partial charge on any atom is 0.225 e. The first-order valence-corrected chi connectivity index (χ1v) is 8.32. The van der Waals surface area contributed by atoms with Crippen molar-refractivity contribution in [2.75, 3.05) is 13.1 Å². The van der Waals surface area contributed by atoms with Crippen molar-refractivity contribution in [3.8, 4) is 0 Å². The highest BCUT2D eigenvalue weighted by molar-refractivity contribution is 5.80. The average molecular weight is 300 g/mol. The van der Waals surface area contributed by atoms with Crippen LogP contribution in [0, 0.1) is 11.8 Å². The highest BCUT2D eigenvalue weighted by atomic mass is 16.2. The zero-order chi connectivity index (χ0) is 15.4. The number of nitrogens with zero attached hydrogens (tertiary/aromatic N) is 1. The van der Waals surface area contributed by atoms with Crippen molar-refractivity contribution in [1.82, 2.24) is 10.2 Å². The summed E-state index contributed by atoms with van der Waals surface area (Å²) in [4.78, 5) is 26.2. The van der Waals surface area contributed by atoms with Crippen LogP contribution in [0.15, 0.2) is 30.3 Å². The van der Waals surface area contributed by atoms with Crippen molar-refractivity contribution < 1.29 is 9.59 Å². The molecule has 1 saturated heterocycles. The lowest BCUT2D eigenvalue weighted by Crippen LogP contribution is -2.37. The molecule has 0 radical (unpaired) electrons. The van der Waals surface area contributed by atoms with Gasteiger partial charge in [0.05, 0.1) is 0 Å². The predicted octanol–water partition coefficient (Wildman–Crippen LogP) is 2.34. The van der Waals surface area contributed by atoms with E-state index in [1.807, 2.05) is 35.2 Å². The SMILES string of the molecule is O=C(C[C@H]1CCN(C(=O)C2CCC2)C1)NCc1ccccc1. The third-order valence-electron chi connectivity index (χ3n) is 4.86. The van der Waals surface area contributed by atoms with Crippen LogP contribution in [0.25, 0.3) is 0 Å². The van der Waals surface area contributed by atoms with E-state index in [9.17, 15) is 9.59 Å². The highest BCUT2D eigenvalue weighted by Gasteiger charge is 2.34. The minimum atomic E-state index is 0.0896. The Morgan fingerprint density at radius 2 is 1.91 bits per heavy atom. The Bertz CT molecular complexity index is 525. The van der Waals surface area contributed by atoms with Crippen molar-refractivity contribution in [3.05, 3.63) is 35.9 Å². The Morgan fingerprint density at radius 1 is 1.14 bits per heavy atom. The number of nitrogens with one attached hydrogen (secondary N) is 1. The van der Waals surface area contributed by atoms with Gasteiger partial charge in [0.1, 0.15) is 0 Å². The van der Waals surface area contributed by atoms with E-state index in [1.54, 1.807) is 0 Å². The number of carbonyl (C=O) groups is 2. The summed E-state index contributed by atoms with van der Waals surface area (Å²) < 4.78 is 0. The number of hydrogen-bond acceptors (Lipinski definition) is 2. The fraction of sp³-hybridized carbons (Fsp3) is 0.556. The maximum atomic E-state index is 12.2. The van der Waals surface area contributed by atoms with E-state index in [1.165, 1.54) is 6.42 Å². The molecular weight excluding hydrogens is 276 g/mol. The van der Waals surface area contributed by atoms with Gasteiger partial charge in [-0.15, -0.1) is 0 Å². The lowest BCUT2D eigenvalue weighted by atomic mass is 9.84. The second-order valence-corrected chi connectivity index (χ2v) is 6.53. The summed E-state index contributed by atoms with van der Waals surface area (Å²) in [7, 11) is 0. The summed E-state index contributed by atoms with van der Waals surface area (Å²) in [5, 5.41) is 2.97. The molecule has 2 fully saturated rings. The minimum Gasteiger partial charge on any atom is -0.352 e. The molecule has 22 heavy (non-hydrogen) atoms. The molecule has 0 unspecified atom stereocenters. The molecule has 4 heteroatoms. The molecule has 2 aliphatic rings. The molecule has 118 valence electrons. The first-order valence-electron chi connectivity index (χ1n) is 8.32. The first-order chi connectivity index (χ1) is 10.7. The maximum absolute atomic E-state index is 12.2. The molecule has 1 aliphatic carbocycles. The molecule has 1 aliphatic heterocycles. The van der Waals surface area contributed by atoms with Crippen LogP contribution < -0.4 is 5.32 Å². The fourth-order valence-corrected chi connectivity index (χ4v) is 3.24. The molecule has 4 nitrogen and oxygen atoms in total. The van der Waals surface area contributed by atoms with Gasteiger partial charge in [-0.3, -0.25) is 9.59 Å². The molecule has 0 aromatic heterocycles. The van der Waals surface area contributed by atoms with Crippen molar-refractivity contribution in [2.45, 2.75) is 38.6 Å². The van der Waals surface area contributed by atoms with Gasteiger partial charge in [0.2, 0.25) is 11.8 Å². The van der Waals surface area contributed by atoms with E-state index < -0.39 is 0 Å². The van der Waals surface area contributed by atoms with Crippen LogP contribution in [-0.2, 0) is 16.1 Å². The Kier molecular flexibility index (Phi) is 4.76. The van der Waals surface area contributed by atoms with Crippen LogP contribution in [0.1, 0.15) is 37.7 Å². The van der Waals surface area contributed by atoms with E-state index in [4.69, 9.17) is 0 Å². The Balaban J connectivity index is 1.40. The lowest BCUT2D eigenvalue weighted by molar-refractivity contribution is -0.137. The summed E-state index contributed by atoms with van der Waals surface area (Å²) in [6.07, 6.45) is 4.78. The molecular formula is C18H24N2O2. The molecule has 1 saturated carbocycles. The molecule has 1 aromatic carbocycles. The zero-order valence-electron chi connectivity index (χ0n) is 13.0. The fourth-order valence-electron chi connectivity index (χ4n) is 3.24. The quantitative estimate of drug-likeness (QED) is 0.907. The zero-order valence-corrected chi connectivity index (χ0v) is 13.0. The van der Waals surface area contributed by atoms with E-state index >= 15 is 0 Å². The summed E-state index contributed by atoms with van der Waals surface area (Å²) in [5.74, 6) is 0.996. The largest absolute Gasteiger partial charge is 0.352 e. The summed E-state index contributed by atoms with van der Waals surface area (Å²) >= 11 is 0. The molecule has 3 rings (SSSR count). The average Bonchev–Trinajstić information content (AvgIpc) is 2.93. The number of likely N-dealkylation sites (tertiary alicyclic amines) is 1. The molecule has 0 bridgehead atoms. The third-order valence-corrected chi connectivity index (χ3v) is 4.86. The summed E-state index contributed by atoms with van der Waals surface area (Å²) in [5.41, 5.74) is 1.11. The van der Waals surface area contributed by atoms with Gasteiger partial charge in [-0.05, 0) is 30.7 Å². The standard InChI is InChI=1S/C18H24N2O2/c21-17(19-12-14-5-2-1-3-6-14)11-15-9-10-20(13-15)18(22)16-7-4-8-16/h1-3,5-6,15-16H,4,7-13H2,(H,19,21)/t15-/m1/s1. The molecule has 1 heterocycles. The van der Waals surface area contributed by atoms with Gasteiger partial charge < -0.3 is 10.2 Å². The molecule has 1 N–H and O–H groups in total. The lowest BCUT2D eigenvalue weighted by Gasteiger charge is -2.29. The molecule has 1 atom stereocenters. The Labute approximate surface area is 131 Å². The summed E-state index contributed by atoms with van der Waals surface area (Å²) in [6.45, 7) is 2.16. The minimum absolute atomic E-state index is 0.0896. The van der Waals surface area contributed by atoms with Crippen LogP contribution in [-0.4, -0.2) is 29.8 Å². The van der Waals surface area contributed by atoms with Crippen LogP contribution in [0.3, 0.4) is 0 Å². The molecule has 1 aromatic rings. The van der Waals surface area contributed by atoms with Gasteiger partial charge in [-0.1, -0.05) is 36.8 Å². The second kappa shape index (κ2) is 6.95. The predicted molar refractivity (Wildman–Crippen MR) is 84.9 cm³/mol. The smallest absolute Gasteiger partial charge is 0.225 e. The van der Waals surface area contributed by atoms with Crippen LogP contribution in [0.5, 0.6) is 0 Å². The molecule has 2 amide bonds. The van der Waals surface area contributed by atoms with Crippen molar-refractivity contribution in [1.29, 1.82) is 0 Å². The van der Waals surface area contributed by atoms with E-state index in [-0.39, 0.29) is 11.8 Å². The van der Waals surface area contributed by atoms with Crippen molar-refractivity contribution in [3.63, 3.8) is 0 Å². The van der Waals surface area contributed by atoms with Gasteiger partial charge >= 0.3 is 0 Å². The van der Waals surface area contributed by atoms with Crippen LogP contribution in [0.2, 0.25) is 0 Å². The normalized spacial score (nSPS) is 21.5. The van der Waals surface area contributed by atoms with Gasteiger partial charge in [0.15, 0.2) is 0 Å².